The summed E-state index contributed by atoms with van der Waals surface area (Å²) in [5.74, 6) is -0.541. The molecule has 3 rings (SSSR count). The van der Waals surface area contributed by atoms with Crippen LogP contribution >= 0.6 is 11.6 Å². The number of nitrogens with zero attached hydrogens (tertiary/aromatic N) is 2. The number of carbonyl (C=O) groups excluding carboxylic acids is 2. The van der Waals surface area contributed by atoms with Crippen LogP contribution in [0.15, 0.2) is 48.5 Å². The van der Waals surface area contributed by atoms with Gasteiger partial charge in [0.05, 0.1) is 0 Å². The van der Waals surface area contributed by atoms with E-state index in [1.54, 1.807) is 28.0 Å². The number of hydrogen-bond donors (Lipinski definition) is 0. The van der Waals surface area contributed by atoms with Gasteiger partial charge < -0.3 is 14.5 Å². The number of ether oxygens (including phenoxy) is 1. The third-order valence-corrected chi connectivity index (χ3v) is 4.62. The second kappa shape index (κ2) is 8.86. The van der Waals surface area contributed by atoms with Crippen LogP contribution in [0.3, 0.4) is 0 Å². The molecule has 2 aromatic carbocycles. The molecule has 7 heteroatoms. The Kier molecular flexibility index (Phi) is 6.29. The van der Waals surface area contributed by atoms with Crippen LogP contribution in [0.5, 0.6) is 0 Å². The fourth-order valence-electron chi connectivity index (χ4n) is 2.94. The topological polar surface area (TPSA) is 49.9 Å². The SMILES string of the molecule is O=C(OCc1cccc(Cl)c1)N1CCCN(C(=O)c2ccc(F)cc2)CC1. The maximum Gasteiger partial charge on any atom is 0.410 e. The molecule has 2 amide bonds. The lowest BCUT2D eigenvalue weighted by Gasteiger charge is -2.22. The molecule has 1 fully saturated rings. The lowest BCUT2D eigenvalue weighted by molar-refractivity contribution is 0.0749. The van der Waals surface area contributed by atoms with E-state index >= 15 is 0 Å². The molecule has 0 N–H and O–H groups in total. The summed E-state index contributed by atoms with van der Waals surface area (Å²) >= 11 is 5.93. The minimum Gasteiger partial charge on any atom is -0.445 e. The highest BCUT2D eigenvalue weighted by molar-refractivity contribution is 6.30. The van der Waals surface area contributed by atoms with E-state index in [1.807, 2.05) is 6.07 Å². The van der Waals surface area contributed by atoms with E-state index in [0.717, 1.165) is 5.56 Å². The fourth-order valence-corrected chi connectivity index (χ4v) is 3.15. The number of carbonyl (C=O) groups is 2. The maximum atomic E-state index is 13.0. The minimum absolute atomic E-state index is 0.147. The number of rotatable bonds is 3. The Morgan fingerprint density at radius 2 is 1.70 bits per heavy atom. The molecule has 142 valence electrons. The molecule has 5 nitrogen and oxygen atoms in total. The van der Waals surface area contributed by atoms with Gasteiger partial charge in [-0.2, -0.15) is 0 Å². The zero-order valence-corrected chi connectivity index (χ0v) is 15.5. The standard InChI is InChI=1S/C20H20ClFN2O3/c21-17-4-1-3-15(13-17)14-27-20(26)24-10-2-9-23(11-12-24)19(25)16-5-7-18(22)8-6-16/h1,3-8,13H,2,9-12,14H2. The highest BCUT2D eigenvalue weighted by Gasteiger charge is 2.23. The van der Waals surface area contributed by atoms with E-state index in [-0.39, 0.29) is 18.3 Å². The average molecular weight is 391 g/mol. The van der Waals surface area contributed by atoms with Gasteiger partial charge in [-0.1, -0.05) is 23.7 Å². The zero-order chi connectivity index (χ0) is 19.2. The van der Waals surface area contributed by atoms with Gasteiger partial charge >= 0.3 is 6.09 Å². The summed E-state index contributed by atoms with van der Waals surface area (Å²) in [4.78, 5) is 28.1. The van der Waals surface area contributed by atoms with Crippen molar-refractivity contribution in [3.05, 3.63) is 70.5 Å². The van der Waals surface area contributed by atoms with E-state index < -0.39 is 6.09 Å². The first-order valence-corrected chi connectivity index (χ1v) is 9.12. The van der Waals surface area contributed by atoms with Gasteiger partial charge in [0, 0.05) is 36.8 Å². The molecular weight excluding hydrogens is 371 g/mol. The van der Waals surface area contributed by atoms with Crippen molar-refractivity contribution < 1.29 is 18.7 Å². The summed E-state index contributed by atoms with van der Waals surface area (Å²) in [6.07, 6.45) is 0.241. The first-order chi connectivity index (χ1) is 13.0. The van der Waals surface area contributed by atoms with Gasteiger partial charge in [0.15, 0.2) is 0 Å². The molecule has 0 spiro atoms. The monoisotopic (exact) mass is 390 g/mol. The van der Waals surface area contributed by atoms with Crippen LogP contribution in [0.2, 0.25) is 5.02 Å². The summed E-state index contributed by atoms with van der Waals surface area (Å²) in [7, 11) is 0. The molecular formula is C20H20ClFN2O3. The second-order valence-electron chi connectivity index (χ2n) is 6.32. The third-order valence-electron chi connectivity index (χ3n) is 4.38. The molecule has 0 aliphatic carbocycles. The summed E-state index contributed by atoms with van der Waals surface area (Å²) in [6.45, 7) is 1.99. The van der Waals surface area contributed by atoms with Crippen molar-refractivity contribution in [2.75, 3.05) is 26.2 Å². The molecule has 0 atom stereocenters. The number of benzene rings is 2. The Labute approximate surface area is 162 Å². The Morgan fingerprint density at radius 1 is 1.00 bits per heavy atom. The lowest BCUT2D eigenvalue weighted by atomic mass is 10.2. The number of halogens is 2. The second-order valence-corrected chi connectivity index (χ2v) is 6.76. The Morgan fingerprint density at radius 3 is 2.44 bits per heavy atom. The van der Waals surface area contributed by atoms with E-state index in [0.29, 0.717) is 43.2 Å². The van der Waals surface area contributed by atoms with E-state index in [2.05, 4.69) is 0 Å². The summed E-state index contributed by atoms with van der Waals surface area (Å²) in [5.41, 5.74) is 1.26. The van der Waals surface area contributed by atoms with Gasteiger partial charge in [-0.15, -0.1) is 0 Å². The zero-order valence-electron chi connectivity index (χ0n) is 14.7. The van der Waals surface area contributed by atoms with Crippen molar-refractivity contribution in [2.45, 2.75) is 13.0 Å². The predicted molar refractivity (Wildman–Crippen MR) is 100 cm³/mol. The van der Waals surface area contributed by atoms with Crippen LogP contribution in [0.25, 0.3) is 0 Å². The van der Waals surface area contributed by atoms with Crippen molar-refractivity contribution in [1.82, 2.24) is 9.80 Å². The summed E-state index contributed by atoms with van der Waals surface area (Å²) < 4.78 is 18.4. The Bertz CT molecular complexity index is 813. The quantitative estimate of drug-likeness (QED) is 0.797. The maximum absolute atomic E-state index is 13.0. The summed E-state index contributed by atoms with van der Waals surface area (Å²) in [5, 5.41) is 0.591. The molecule has 0 aromatic heterocycles. The Balaban J connectivity index is 1.53. The number of hydrogen-bond acceptors (Lipinski definition) is 3. The van der Waals surface area contributed by atoms with Crippen LogP contribution < -0.4 is 0 Å². The van der Waals surface area contributed by atoms with Crippen LogP contribution in [-0.4, -0.2) is 48.0 Å². The molecule has 1 saturated heterocycles. The van der Waals surface area contributed by atoms with Crippen LogP contribution in [-0.2, 0) is 11.3 Å². The minimum atomic E-state index is -0.411. The molecule has 27 heavy (non-hydrogen) atoms. The Hall–Kier alpha value is -2.60. The number of amides is 2. The van der Waals surface area contributed by atoms with E-state index in [9.17, 15) is 14.0 Å². The van der Waals surface area contributed by atoms with Crippen molar-refractivity contribution in [3.63, 3.8) is 0 Å². The van der Waals surface area contributed by atoms with Crippen LogP contribution in [0.1, 0.15) is 22.3 Å². The third kappa shape index (κ3) is 5.20. The lowest BCUT2D eigenvalue weighted by Crippen LogP contribution is -2.37. The molecule has 0 saturated carbocycles. The molecule has 0 radical (unpaired) electrons. The average Bonchev–Trinajstić information content (AvgIpc) is 2.92. The molecule has 1 aliphatic heterocycles. The van der Waals surface area contributed by atoms with Gasteiger partial charge in [-0.25, -0.2) is 9.18 Å². The van der Waals surface area contributed by atoms with Gasteiger partial charge in [0.1, 0.15) is 12.4 Å². The molecule has 1 heterocycles. The first kappa shape index (κ1) is 19.2. The van der Waals surface area contributed by atoms with Gasteiger partial charge in [0.2, 0.25) is 0 Å². The molecule has 0 bridgehead atoms. The van der Waals surface area contributed by atoms with E-state index in [1.165, 1.54) is 24.3 Å². The van der Waals surface area contributed by atoms with Gasteiger partial charge in [-0.05, 0) is 48.4 Å². The van der Waals surface area contributed by atoms with Gasteiger partial charge in [0.25, 0.3) is 5.91 Å². The largest absolute Gasteiger partial charge is 0.445 e. The van der Waals surface area contributed by atoms with Crippen molar-refractivity contribution in [1.29, 1.82) is 0 Å². The van der Waals surface area contributed by atoms with Crippen LogP contribution in [0.4, 0.5) is 9.18 Å². The van der Waals surface area contributed by atoms with Gasteiger partial charge in [-0.3, -0.25) is 4.79 Å². The first-order valence-electron chi connectivity index (χ1n) is 8.74. The highest BCUT2D eigenvalue weighted by Crippen LogP contribution is 2.14. The predicted octanol–water partition coefficient (Wildman–Crippen LogP) is 3.96. The van der Waals surface area contributed by atoms with E-state index in [4.69, 9.17) is 16.3 Å². The molecule has 0 unspecified atom stereocenters. The summed E-state index contributed by atoms with van der Waals surface area (Å²) in [6, 6.07) is 12.6. The molecule has 2 aromatic rings. The van der Waals surface area contributed by atoms with Crippen molar-refractivity contribution >= 4 is 23.6 Å². The smallest absolute Gasteiger partial charge is 0.410 e. The van der Waals surface area contributed by atoms with Crippen molar-refractivity contribution in [3.8, 4) is 0 Å². The van der Waals surface area contributed by atoms with Crippen LogP contribution in [0, 0.1) is 5.82 Å². The molecule has 1 aliphatic rings. The normalized spacial score (nSPS) is 14.6. The van der Waals surface area contributed by atoms with Crippen molar-refractivity contribution in [2.24, 2.45) is 0 Å². The highest BCUT2D eigenvalue weighted by atomic mass is 35.5. The fraction of sp³-hybridized carbons (Fsp3) is 0.300.